The summed E-state index contributed by atoms with van der Waals surface area (Å²) >= 11 is 5.28. The van der Waals surface area contributed by atoms with Crippen molar-refractivity contribution in [2.75, 3.05) is 17.7 Å². The number of methoxy groups -OCH3 is 1. The fourth-order valence-electron chi connectivity index (χ4n) is 3.14. The molecule has 3 N–H and O–H groups in total. The van der Waals surface area contributed by atoms with E-state index in [-0.39, 0.29) is 22.7 Å². The van der Waals surface area contributed by atoms with Gasteiger partial charge in [0.1, 0.15) is 5.75 Å². The van der Waals surface area contributed by atoms with Crippen LogP contribution in [0, 0.1) is 0 Å². The highest BCUT2D eigenvalue weighted by molar-refractivity contribution is 7.80. The van der Waals surface area contributed by atoms with Crippen molar-refractivity contribution in [2.24, 2.45) is 0 Å². The van der Waals surface area contributed by atoms with Gasteiger partial charge in [0.15, 0.2) is 10.9 Å². The first-order chi connectivity index (χ1) is 15.5. The van der Waals surface area contributed by atoms with Crippen LogP contribution in [0.5, 0.6) is 5.75 Å². The highest BCUT2D eigenvalue weighted by atomic mass is 32.1. The van der Waals surface area contributed by atoms with Crippen molar-refractivity contribution in [3.8, 4) is 5.75 Å². The predicted molar refractivity (Wildman–Crippen MR) is 127 cm³/mol. The standard InChI is InChI=1S/C24H19N3O4S/c1-30-21-14-16-6-3-2-5-15(16)13-19(21)22(28)27-24(32)26-18-10-8-17(9-11-18)25-23(29)20-7-4-12-31-20/h2-14H,1H3,(H,25,29)(H2,26,27,28,32). The summed E-state index contributed by atoms with van der Waals surface area (Å²) in [4.78, 5) is 24.8. The number of thiocarbonyl (C=S) groups is 1. The molecule has 1 aromatic heterocycles. The Morgan fingerprint density at radius 3 is 2.12 bits per heavy atom. The third-order valence-electron chi connectivity index (χ3n) is 4.69. The average Bonchev–Trinajstić information content (AvgIpc) is 3.34. The first-order valence-electron chi connectivity index (χ1n) is 9.67. The number of ether oxygens (including phenoxy) is 1. The minimum Gasteiger partial charge on any atom is -0.496 e. The number of hydrogen-bond donors (Lipinski definition) is 3. The first kappa shape index (κ1) is 21.1. The molecule has 2 amide bonds. The molecule has 0 spiro atoms. The highest BCUT2D eigenvalue weighted by Crippen LogP contribution is 2.26. The second-order valence-corrected chi connectivity index (χ2v) is 7.22. The summed E-state index contributed by atoms with van der Waals surface area (Å²) in [6.07, 6.45) is 1.44. The Bertz CT molecular complexity index is 1280. The number of hydrogen-bond acceptors (Lipinski definition) is 5. The van der Waals surface area contributed by atoms with Gasteiger partial charge in [0.05, 0.1) is 18.9 Å². The molecular weight excluding hydrogens is 426 g/mol. The third kappa shape index (κ3) is 4.76. The molecule has 0 fully saturated rings. The van der Waals surface area contributed by atoms with Gasteiger partial charge >= 0.3 is 0 Å². The van der Waals surface area contributed by atoms with E-state index in [1.165, 1.54) is 13.4 Å². The van der Waals surface area contributed by atoms with Crippen molar-refractivity contribution in [2.45, 2.75) is 0 Å². The van der Waals surface area contributed by atoms with Gasteiger partial charge in [0, 0.05) is 11.4 Å². The monoisotopic (exact) mass is 445 g/mol. The van der Waals surface area contributed by atoms with E-state index in [0.29, 0.717) is 22.7 Å². The molecule has 0 bridgehead atoms. The van der Waals surface area contributed by atoms with Crippen LogP contribution in [0.1, 0.15) is 20.9 Å². The van der Waals surface area contributed by atoms with Crippen LogP contribution in [0.3, 0.4) is 0 Å². The van der Waals surface area contributed by atoms with Crippen LogP contribution >= 0.6 is 12.2 Å². The van der Waals surface area contributed by atoms with Crippen LogP contribution in [-0.2, 0) is 0 Å². The molecule has 0 aliphatic heterocycles. The van der Waals surface area contributed by atoms with Crippen LogP contribution in [0.2, 0.25) is 0 Å². The lowest BCUT2D eigenvalue weighted by molar-refractivity contribution is 0.0972. The Morgan fingerprint density at radius 1 is 0.844 bits per heavy atom. The number of rotatable bonds is 5. The molecule has 1 heterocycles. The summed E-state index contributed by atoms with van der Waals surface area (Å²) in [6.45, 7) is 0. The number of carbonyl (C=O) groups is 2. The average molecular weight is 446 g/mol. The van der Waals surface area contributed by atoms with Gasteiger partial charge in [0.2, 0.25) is 0 Å². The van der Waals surface area contributed by atoms with E-state index >= 15 is 0 Å². The van der Waals surface area contributed by atoms with E-state index in [1.54, 1.807) is 42.5 Å². The molecule has 4 rings (SSSR count). The van der Waals surface area contributed by atoms with Crippen molar-refractivity contribution >= 4 is 51.3 Å². The van der Waals surface area contributed by atoms with Gasteiger partial charge in [-0.1, -0.05) is 24.3 Å². The molecule has 8 heteroatoms. The summed E-state index contributed by atoms with van der Waals surface area (Å²) in [5.74, 6) is -0.0453. The molecule has 7 nitrogen and oxygen atoms in total. The van der Waals surface area contributed by atoms with E-state index in [9.17, 15) is 9.59 Å². The summed E-state index contributed by atoms with van der Waals surface area (Å²) in [6, 6.07) is 21.4. The number of fused-ring (bicyclic) bond motifs is 1. The third-order valence-corrected chi connectivity index (χ3v) is 4.89. The molecule has 0 radical (unpaired) electrons. The second kappa shape index (κ2) is 9.32. The van der Waals surface area contributed by atoms with E-state index in [2.05, 4.69) is 16.0 Å². The molecule has 160 valence electrons. The molecule has 0 saturated heterocycles. The number of nitrogens with one attached hydrogen (secondary N) is 3. The van der Waals surface area contributed by atoms with Crippen LogP contribution in [0.4, 0.5) is 11.4 Å². The van der Waals surface area contributed by atoms with E-state index < -0.39 is 0 Å². The maximum absolute atomic E-state index is 12.8. The summed E-state index contributed by atoms with van der Waals surface area (Å²) in [7, 11) is 1.52. The smallest absolute Gasteiger partial charge is 0.291 e. The minimum atomic E-state index is -0.382. The van der Waals surface area contributed by atoms with E-state index in [4.69, 9.17) is 21.4 Å². The lowest BCUT2D eigenvalue weighted by Crippen LogP contribution is -2.34. The number of anilines is 2. The van der Waals surface area contributed by atoms with Crippen LogP contribution in [0.15, 0.2) is 83.5 Å². The van der Waals surface area contributed by atoms with Crippen molar-refractivity contribution < 1.29 is 18.7 Å². The Morgan fingerprint density at radius 2 is 1.50 bits per heavy atom. The molecule has 0 aliphatic carbocycles. The quantitative estimate of drug-likeness (QED) is 0.382. The number of furan rings is 1. The molecule has 4 aromatic rings. The summed E-state index contributed by atoms with van der Waals surface area (Å²) < 4.78 is 10.4. The lowest BCUT2D eigenvalue weighted by atomic mass is 10.1. The molecular formula is C24H19N3O4S. The number of benzene rings is 3. The van der Waals surface area contributed by atoms with Crippen molar-refractivity contribution in [1.29, 1.82) is 0 Å². The summed E-state index contributed by atoms with van der Waals surface area (Å²) in [5, 5.41) is 10.4. The highest BCUT2D eigenvalue weighted by Gasteiger charge is 2.15. The van der Waals surface area contributed by atoms with Crippen LogP contribution in [0.25, 0.3) is 10.8 Å². The van der Waals surface area contributed by atoms with Gasteiger partial charge in [-0.2, -0.15) is 0 Å². The Kier molecular flexibility index (Phi) is 6.14. The minimum absolute atomic E-state index is 0.137. The van der Waals surface area contributed by atoms with Gasteiger partial charge in [-0.05, 0) is 71.5 Å². The Hall–Kier alpha value is -4.17. The fourth-order valence-corrected chi connectivity index (χ4v) is 3.35. The molecule has 0 aliphatic rings. The maximum atomic E-state index is 12.8. The zero-order valence-electron chi connectivity index (χ0n) is 17.0. The van der Waals surface area contributed by atoms with Crippen LogP contribution in [-0.4, -0.2) is 24.0 Å². The van der Waals surface area contributed by atoms with Crippen LogP contribution < -0.4 is 20.7 Å². The Balaban J connectivity index is 1.40. The molecule has 0 atom stereocenters. The molecule has 3 aromatic carbocycles. The molecule has 32 heavy (non-hydrogen) atoms. The zero-order chi connectivity index (χ0) is 22.5. The van der Waals surface area contributed by atoms with Gasteiger partial charge < -0.3 is 19.8 Å². The largest absolute Gasteiger partial charge is 0.496 e. The Labute approximate surface area is 189 Å². The predicted octanol–water partition coefficient (Wildman–Crippen LogP) is 4.82. The normalized spacial score (nSPS) is 10.4. The van der Waals surface area contributed by atoms with Gasteiger partial charge in [-0.3, -0.25) is 14.9 Å². The van der Waals surface area contributed by atoms with E-state index in [0.717, 1.165) is 10.8 Å². The second-order valence-electron chi connectivity index (χ2n) is 6.82. The van der Waals surface area contributed by atoms with Crippen molar-refractivity contribution in [3.05, 3.63) is 90.4 Å². The number of carbonyl (C=O) groups excluding carboxylic acids is 2. The van der Waals surface area contributed by atoms with Gasteiger partial charge in [-0.25, -0.2) is 0 Å². The molecule has 0 saturated carbocycles. The van der Waals surface area contributed by atoms with Gasteiger partial charge in [0.25, 0.3) is 11.8 Å². The summed E-state index contributed by atoms with van der Waals surface area (Å²) in [5.41, 5.74) is 1.62. The first-order valence-corrected chi connectivity index (χ1v) is 10.1. The zero-order valence-corrected chi connectivity index (χ0v) is 17.9. The molecule has 0 unspecified atom stereocenters. The van der Waals surface area contributed by atoms with Crippen molar-refractivity contribution in [3.63, 3.8) is 0 Å². The fraction of sp³-hybridized carbons (Fsp3) is 0.0417. The number of amides is 2. The van der Waals surface area contributed by atoms with Gasteiger partial charge in [-0.15, -0.1) is 0 Å². The van der Waals surface area contributed by atoms with E-state index in [1.807, 2.05) is 30.3 Å². The SMILES string of the molecule is COc1cc2ccccc2cc1C(=O)NC(=S)Nc1ccc(NC(=O)c2ccco2)cc1. The topological polar surface area (TPSA) is 92.6 Å². The van der Waals surface area contributed by atoms with Crippen molar-refractivity contribution in [1.82, 2.24) is 5.32 Å². The lowest BCUT2D eigenvalue weighted by Gasteiger charge is -2.13. The maximum Gasteiger partial charge on any atom is 0.291 e.